The van der Waals surface area contributed by atoms with Crippen LogP contribution in [-0.2, 0) is 6.42 Å². The molecule has 1 atom stereocenters. The van der Waals surface area contributed by atoms with E-state index in [0.717, 1.165) is 23.8 Å². The Kier molecular flexibility index (Phi) is 10.2. The summed E-state index contributed by atoms with van der Waals surface area (Å²) >= 11 is 0. The first kappa shape index (κ1) is 30.3. The maximum Gasteiger partial charge on any atom is 0.0702 e. The second-order valence-corrected chi connectivity index (χ2v) is 14.1. The highest BCUT2D eigenvalue weighted by molar-refractivity contribution is 5.84. The smallest absolute Gasteiger partial charge is 0.0702 e. The van der Waals surface area contributed by atoms with Crippen LogP contribution in [0.2, 0.25) is 0 Å². The molecule has 5 rings (SSSR count). The zero-order valence-corrected chi connectivity index (χ0v) is 26.8. The zero-order valence-electron chi connectivity index (χ0n) is 26.8. The Morgan fingerprint density at radius 3 is 2.41 bits per heavy atom. The molecular formula is C39H56N2. The minimum atomic E-state index is 0.585. The average Bonchev–Trinajstić information content (AvgIpc) is 2.96. The fourth-order valence-corrected chi connectivity index (χ4v) is 7.97. The number of aromatic nitrogens is 1. The molecule has 1 unspecified atom stereocenters. The van der Waals surface area contributed by atoms with Gasteiger partial charge in [0.25, 0.3) is 0 Å². The molecule has 0 saturated heterocycles. The normalized spacial score (nSPS) is 21.2. The third-order valence-electron chi connectivity index (χ3n) is 10.9. The quantitative estimate of drug-likeness (QED) is 0.228. The SMILES string of the molecule is CCCC(CCCC(C)C)C1(CNC2CCC(c3ccc(C)c(-c4cnc5ccc(CC)cc5c4)c3)CC2)CCC1. The molecule has 1 N–H and O–H groups in total. The lowest BCUT2D eigenvalue weighted by Gasteiger charge is -2.49. The monoisotopic (exact) mass is 552 g/mol. The van der Waals surface area contributed by atoms with E-state index in [1.54, 1.807) is 0 Å². The Bertz CT molecular complexity index is 1260. The molecular weight excluding hydrogens is 496 g/mol. The summed E-state index contributed by atoms with van der Waals surface area (Å²) < 4.78 is 0. The molecule has 2 saturated carbocycles. The van der Waals surface area contributed by atoms with Crippen molar-refractivity contribution in [1.82, 2.24) is 10.3 Å². The minimum Gasteiger partial charge on any atom is -0.313 e. The van der Waals surface area contributed by atoms with Crippen LogP contribution >= 0.6 is 0 Å². The fourth-order valence-electron chi connectivity index (χ4n) is 7.97. The van der Waals surface area contributed by atoms with Gasteiger partial charge in [-0.1, -0.05) is 84.1 Å². The van der Waals surface area contributed by atoms with Gasteiger partial charge in [0.15, 0.2) is 0 Å². The average molecular weight is 553 g/mol. The van der Waals surface area contributed by atoms with Gasteiger partial charge in [-0.05, 0) is 122 Å². The number of nitrogens with zero attached hydrogens (tertiary/aromatic N) is 1. The molecule has 0 bridgehead atoms. The molecule has 2 aromatic carbocycles. The van der Waals surface area contributed by atoms with Crippen LogP contribution in [0.3, 0.4) is 0 Å². The van der Waals surface area contributed by atoms with E-state index in [4.69, 9.17) is 4.98 Å². The predicted molar refractivity (Wildman–Crippen MR) is 178 cm³/mol. The van der Waals surface area contributed by atoms with Crippen LogP contribution in [0.5, 0.6) is 0 Å². The van der Waals surface area contributed by atoms with Crippen molar-refractivity contribution in [2.24, 2.45) is 17.3 Å². The first-order chi connectivity index (χ1) is 19.9. The van der Waals surface area contributed by atoms with E-state index < -0.39 is 0 Å². The molecule has 222 valence electrons. The molecule has 2 heteroatoms. The predicted octanol–water partition coefficient (Wildman–Crippen LogP) is 10.8. The molecule has 1 aromatic heterocycles. The van der Waals surface area contributed by atoms with Crippen LogP contribution in [0.4, 0.5) is 0 Å². The lowest BCUT2D eigenvalue weighted by molar-refractivity contribution is 0.0306. The largest absolute Gasteiger partial charge is 0.313 e. The van der Waals surface area contributed by atoms with Gasteiger partial charge in [-0.2, -0.15) is 0 Å². The Morgan fingerprint density at radius 1 is 0.927 bits per heavy atom. The van der Waals surface area contributed by atoms with Crippen molar-refractivity contribution >= 4 is 10.9 Å². The number of nitrogens with one attached hydrogen (secondary N) is 1. The highest BCUT2D eigenvalue weighted by atomic mass is 14.9. The Morgan fingerprint density at radius 2 is 1.73 bits per heavy atom. The van der Waals surface area contributed by atoms with Gasteiger partial charge in [-0.15, -0.1) is 0 Å². The van der Waals surface area contributed by atoms with E-state index in [0.29, 0.717) is 17.4 Å². The molecule has 0 spiro atoms. The molecule has 2 nitrogen and oxygen atoms in total. The van der Waals surface area contributed by atoms with E-state index in [-0.39, 0.29) is 0 Å². The van der Waals surface area contributed by atoms with Crippen molar-refractivity contribution in [1.29, 1.82) is 0 Å². The van der Waals surface area contributed by atoms with Gasteiger partial charge in [0.05, 0.1) is 5.52 Å². The van der Waals surface area contributed by atoms with Gasteiger partial charge in [-0.3, -0.25) is 4.98 Å². The van der Waals surface area contributed by atoms with E-state index in [1.807, 2.05) is 0 Å². The maximum atomic E-state index is 4.82. The number of hydrogen-bond acceptors (Lipinski definition) is 2. The maximum absolute atomic E-state index is 4.82. The van der Waals surface area contributed by atoms with Gasteiger partial charge in [0, 0.05) is 29.7 Å². The molecule has 2 aliphatic rings. The van der Waals surface area contributed by atoms with E-state index in [9.17, 15) is 0 Å². The Balaban J connectivity index is 1.20. The summed E-state index contributed by atoms with van der Waals surface area (Å²) in [4.78, 5) is 4.82. The van der Waals surface area contributed by atoms with Crippen molar-refractivity contribution in [2.45, 2.75) is 130 Å². The van der Waals surface area contributed by atoms with Crippen LogP contribution in [0.1, 0.15) is 127 Å². The molecule has 41 heavy (non-hydrogen) atoms. The number of pyridine rings is 1. The summed E-state index contributed by atoms with van der Waals surface area (Å²) in [6.45, 7) is 12.9. The molecule has 3 aromatic rings. The van der Waals surface area contributed by atoms with E-state index in [2.05, 4.69) is 88.6 Å². The number of rotatable bonds is 13. The molecule has 0 amide bonds. The first-order valence-electron chi connectivity index (χ1n) is 17.1. The van der Waals surface area contributed by atoms with Gasteiger partial charge in [0.1, 0.15) is 0 Å². The third-order valence-corrected chi connectivity index (χ3v) is 10.9. The highest BCUT2D eigenvalue weighted by Crippen LogP contribution is 2.50. The lowest BCUT2D eigenvalue weighted by Crippen LogP contribution is -2.48. The topological polar surface area (TPSA) is 24.9 Å². The van der Waals surface area contributed by atoms with Crippen molar-refractivity contribution < 1.29 is 0 Å². The van der Waals surface area contributed by atoms with Crippen LogP contribution in [0.15, 0.2) is 48.7 Å². The second-order valence-electron chi connectivity index (χ2n) is 14.1. The molecule has 0 radical (unpaired) electrons. The second kappa shape index (κ2) is 13.9. The van der Waals surface area contributed by atoms with Crippen molar-refractivity contribution in [3.05, 3.63) is 65.4 Å². The van der Waals surface area contributed by atoms with Crippen molar-refractivity contribution in [3.63, 3.8) is 0 Å². The first-order valence-corrected chi connectivity index (χ1v) is 17.1. The summed E-state index contributed by atoms with van der Waals surface area (Å²) in [6.07, 6.45) is 19.7. The van der Waals surface area contributed by atoms with Crippen LogP contribution in [-0.4, -0.2) is 17.6 Å². The van der Waals surface area contributed by atoms with Crippen LogP contribution in [0.25, 0.3) is 22.0 Å². The Labute approximate surface area is 251 Å². The summed E-state index contributed by atoms with van der Waals surface area (Å²) in [5, 5.41) is 5.39. The summed E-state index contributed by atoms with van der Waals surface area (Å²) in [6, 6.07) is 16.9. The third kappa shape index (κ3) is 7.24. The van der Waals surface area contributed by atoms with Crippen LogP contribution < -0.4 is 5.32 Å². The number of benzene rings is 2. The summed E-state index contributed by atoms with van der Waals surface area (Å²) in [7, 11) is 0. The van der Waals surface area contributed by atoms with E-state index in [1.165, 1.54) is 117 Å². The van der Waals surface area contributed by atoms with Gasteiger partial charge in [-0.25, -0.2) is 0 Å². The minimum absolute atomic E-state index is 0.585. The molecule has 2 aliphatic carbocycles. The summed E-state index contributed by atoms with van der Waals surface area (Å²) in [5.74, 6) is 2.44. The fraction of sp³-hybridized carbons (Fsp3) is 0.615. The molecule has 1 heterocycles. The lowest BCUT2D eigenvalue weighted by atomic mass is 9.58. The van der Waals surface area contributed by atoms with Crippen molar-refractivity contribution in [2.75, 3.05) is 6.54 Å². The Hall–Kier alpha value is -2.19. The summed E-state index contributed by atoms with van der Waals surface area (Å²) in [5.41, 5.74) is 8.52. The highest BCUT2D eigenvalue weighted by Gasteiger charge is 2.43. The molecule has 2 fully saturated rings. The number of hydrogen-bond donors (Lipinski definition) is 1. The van der Waals surface area contributed by atoms with Crippen LogP contribution in [0, 0.1) is 24.2 Å². The van der Waals surface area contributed by atoms with Gasteiger partial charge in [0.2, 0.25) is 0 Å². The van der Waals surface area contributed by atoms with Crippen molar-refractivity contribution in [3.8, 4) is 11.1 Å². The van der Waals surface area contributed by atoms with Gasteiger partial charge < -0.3 is 5.32 Å². The molecule has 0 aliphatic heterocycles. The van der Waals surface area contributed by atoms with Gasteiger partial charge >= 0.3 is 0 Å². The standard InChI is InChI=1S/C39H56N2/c1-6-10-35(12-8-11-28(3)4)39(21-9-22-39)27-41-36-18-16-31(17-19-36)32-15-13-29(5)37(25-32)34-24-33-23-30(7-2)14-20-38(33)40-26-34/h13-15,20,23-26,28,31,35-36,41H,6-12,16-19,21-22,27H2,1-5H3. The number of aryl methyl sites for hydroxylation is 2. The van der Waals surface area contributed by atoms with E-state index >= 15 is 0 Å². The zero-order chi connectivity index (χ0) is 28.8. The number of fused-ring (bicyclic) bond motifs is 1.